The van der Waals surface area contributed by atoms with Crippen molar-refractivity contribution in [1.82, 2.24) is 19.1 Å². The lowest BCUT2D eigenvalue weighted by molar-refractivity contribution is 0.459. The molecule has 2 aromatic heterocycles. The fourth-order valence-corrected chi connectivity index (χ4v) is 2.97. The molecule has 0 saturated heterocycles. The third-order valence-electron chi connectivity index (χ3n) is 4.76. The minimum atomic E-state index is -0.653. The first-order chi connectivity index (χ1) is 15.4. The Morgan fingerprint density at radius 2 is 1.72 bits per heavy atom. The van der Waals surface area contributed by atoms with Gasteiger partial charge in [-0.05, 0) is 42.8 Å². The summed E-state index contributed by atoms with van der Waals surface area (Å²) >= 11 is 0. The summed E-state index contributed by atoms with van der Waals surface area (Å²) in [6, 6.07) is 17.2. The van der Waals surface area contributed by atoms with Crippen molar-refractivity contribution < 1.29 is 9.13 Å². The lowest BCUT2D eigenvalue weighted by Gasteiger charge is -2.14. The van der Waals surface area contributed by atoms with Crippen LogP contribution in [0.25, 0.3) is 0 Å². The second-order valence-electron chi connectivity index (χ2n) is 7.20. The van der Waals surface area contributed by atoms with Crippen LogP contribution in [-0.4, -0.2) is 19.1 Å². The molecule has 2 heterocycles. The molecule has 0 radical (unpaired) electrons. The second kappa shape index (κ2) is 8.84. The highest BCUT2D eigenvalue weighted by Gasteiger charge is 2.12. The first-order valence-electron chi connectivity index (χ1n) is 9.79. The Morgan fingerprint density at radius 3 is 2.38 bits per heavy atom. The molecule has 0 aliphatic carbocycles. The Labute approximate surface area is 182 Å². The normalized spacial score (nSPS) is 10.7. The fraction of sp³-hybridized carbons (Fsp3) is 0.130. The standard InChI is InChI=1S/C23H20FN5O3/c1-15-3-5-16(6-4-15)14-29-21(27-22(30)28(2)23(29)31)26-18-8-10-19(11-9-18)32-20-12-7-17(24)13-25-20/h3-13H,14H2,1-2H3,(H,26,27,30). The first kappa shape index (κ1) is 21.0. The molecule has 0 saturated carbocycles. The van der Waals surface area contributed by atoms with E-state index in [1.54, 1.807) is 24.3 Å². The van der Waals surface area contributed by atoms with Crippen molar-refractivity contribution in [3.63, 3.8) is 0 Å². The van der Waals surface area contributed by atoms with Crippen LogP contribution in [0, 0.1) is 12.7 Å². The topological polar surface area (TPSA) is 91.0 Å². The van der Waals surface area contributed by atoms with Gasteiger partial charge >= 0.3 is 11.4 Å². The highest BCUT2D eigenvalue weighted by atomic mass is 19.1. The average molecular weight is 433 g/mol. The number of rotatable bonds is 6. The lowest BCUT2D eigenvalue weighted by atomic mass is 10.1. The fourth-order valence-electron chi connectivity index (χ4n) is 2.97. The number of halogens is 1. The molecule has 8 nitrogen and oxygen atoms in total. The number of pyridine rings is 1. The van der Waals surface area contributed by atoms with Crippen LogP contribution >= 0.6 is 0 Å². The molecule has 4 aromatic rings. The van der Waals surface area contributed by atoms with Gasteiger partial charge in [0.25, 0.3) is 0 Å². The van der Waals surface area contributed by atoms with E-state index in [-0.39, 0.29) is 18.4 Å². The van der Waals surface area contributed by atoms with Crippen molar-refractivity contribution in [2.45, 2.75) is 13.5 Å². The van der Waals surface area contributed by atoms with Crippen molar-refractivity contribution in [2.24, 2.45) is 7.05 Å². The van der Waals surface area contributed by atoms with E-state index in [2.05, 4.69) is 15.3 Å². The van der Waals surface area contributed by atoms with Crippen molar-refractivity contribution in [1.29, 1.82) is 0 Å². The minimum absolute atomic E-state index is 0.132. The lowest BCUT2D eigenvalue weighted by Crippen LogP contribution is -2.41. The van der Waals surface area contributed by atoms with E-state index in [4.69, 9.17) is 4.74 Å². The zero-order valence-corrected chi connectivity index (χ0v) is 17.4. The summed E-state index contributed by atoms with van der Waals surface area (Å²) in [6.07, 6.45) is 1.07. The van der Waals surface area contributed by atoms with E-state index in [9.17, 15) is 14.0 Å². The molecule has 9 heteroatoms. The molecule has 1 N–H and O–H groups in total. The maximum absolute atomic E-state index is 13.0. The Bertz CT molecular complexity index is 1350. The van der Waals surface area contributed by atoms with Gasteiger partial charge in [0.15, 0.2) is 0 Å². The van der Waals surface area contributed by atoms with E-state index in [0.29, 0.717) is 11.4 Å². The van der Waals surface area contributed by atoms with Crippen molar-refractivity contribution in [3.05, 3.63) is 105 Å². The summed E-state index contributed by atoms with van der Waals surface area (Å²) in [5.41, 5.74) is 1.48. The maximum atomic E-state index is 13.0. The Kier molecular flexibility index (Phi) is 5.80. The third-order valence-corrected chi connectivity index (χ3v) is 4.76. The summed E-state index contributed by atoms with van der Waals surface area (Å²) in [7, 11) is 1.39. The van der Waals surface area contributed by atoms with Crippen LogP contribution in [0.1, 0.15) is 11.1 Å². The number of hydrogen-bond acceptors (Lipinski definition) is 6. The SMILES string of the molecule is Cc1ccc(Cn2c(Nc3ccc(Oc4ccc(F)cn4)cc3)nc(=O)n(C)c2=O)cc1. The van der Waals surface area contributed by atoms with Crippen LogP contribution in [0.2, 0.25) is 0 Å². The Hall–Kier alpha value is -4.27. The highest BCUT2D eigenvalue weighted by molar-refractivity contribution is 5.55. The molecule has 0 unspecified atom stereocenters. The molecule has 32 heavy (non-hydrogen) atoms. The van der Waals surface area contributed by atoms with Crippen molar-refractivity contribution >= 4 is 11.6 Å². The second-order valence-corrected chi connectivity index (χ2v) is 7.20. The van der Waals surface area contributed by atoms with Gasteiger partial charge in [-0.15, -0.1) is 0 Å². The number of anilines is 2. The molecule has 0 bridgehead atoms. The van der Waals surface area contributed by atoms with Crippen LogP contribution in [0.5, 0.6) is 11.6 Å². The maximum Gasteiger partial charge on any atom is 0.354 e. The predicted molar refractivity (Wildman–Crippen MR) is 118 cm³/mol. The van der Waals surface area contributed by atoms with Crippen molar-refractivity contribution in [3.8, 4) is 11.6 Å². The monoisotopic (exact) mass is 433 g/mol. The van der Waals surface area contributed by atoms with Crippen molar-refractivity contribution in [2.75, 3.05) is 5.32 Å². The number of aromatic nitrogens is 4. The summed E-state index contributed by atoms with van der Waals surface area (Å²) in [5.74, 6) is 0.429. The molecule has 0 amide bonds. The summed E-state index contributed by atoms with van der Waals surface area (Å²) < 4.78 is 20.9. The molecular weight excluding hydrogens is 413 g/mol. The zero-order chi connectivity index (χ0) is 22.7. The number of nitrogens with zero attached hydrogens (tertiary/aromatic N) is 4. The molecule has 0 aliphatic rings. The molecule has 4 rings (SSSR count). The van der Waals surface area contributed by atoms with Gasteiger partial charge in [-0.3, -0.25) is 4.57 Å². The molecule has 0 spiro atoms. The van der Waals surface area contributed by atoms with Crippen LogP contribution in [0.3, 0.4) is 0 Å². The van der Waals surface area contributed by atoms with Crippen LogP contribution in [-0.2, 0) is 13.6 Å². The van der Waals surface area contributed by atoms with Gasteiger partial charge in [-0.1, -0.05) is 29.8 Å². The Morgan fingerprint density at radius 1 is 1.00 bits per heavy atom. The molecule has 0 atom stereocenters. The number of benzene rings is 2. The van der Waals surface area contributed by atoms with Crippen LogP contribution < -0.4 is 21.4 Å². The van der Waals surface area contributed by atoms with Gasteiger partial charge in [0, 0.05) is 18.8 Å². The summed E-state index contributed by atoms with van der Waals surface area (Å²) in [6.45, 7) is 2.23. The van der Waals surface area contributed by atoms with E-state index in [1.807, 2.05) is 31.2 Å². The number of aryl methyl sites for hydroxylation is 1. The van der Waals surface area contributed by atoms with Gasteiger partial charge in [0.1, 0.15) is 11.6 Å². The number of ether oxygens (including phenoxy) is 1. The zero-order valence-electron chi connectivity index (χ0n) is 17.4. The summed E-state index contributed by atoms with van der Waals surface area (Å²) in [4.78, 5) is 32.7. The third kappa shape index (κ3) is 4.72. The Balaban J connectivity index is 1.59. The number of hydrogen-bond donors (Lipinski definition) is 1. The minimum Gasteiger partial charge on any atom is -0.439 e. The summed E-state index contributed by atoms with van der Waals surface area (Å²) in [5, 5.41) is 3.03. The van der Waals surface area contributed by atoms with Gasteiger partial charge in [0.2, 0.25) is 11.8 Å². The first-order valence-corrected chi connectivity index (χ1v) is 9.79. The van der Waals surface area contributed by atoms with Crippen LogP contribution in [0.4, 0.5) is 16.0 Å². The predicted octanol–water partition coefficient (Wildman–Crippen LogP) is 3.37. The molecule has 2 aromatic carbocycles. The molecule has 0 aliphatic heterocycles. The molecule has 0 fully saturated rings. The molecular formula is C23H20FN5O3. The smallest absolute Gasteiger partial charge is 0.354 e. The quantitative estimate of drug-likeness (QED) is 0.501. The van der Waals surface area contributed by atoms with Gasteiger partial charge < -0.3 is 10.1 Å². The van der Waals surface area contributed by atoms with Crippen LogP contribution in [0.15, 0.2) is 76.4 Å². The largest absolute Gasteiger partial charge is 0.439 e. The van der Waals surface area contributed by atoms with Gasteiger partial charge in [0.05, 0.1) is 12.7 Å². The van der Waals surface area contributed by atoms with E-state index in [0.717, 1.165) is 21.9 Å². The van der Waals surface area contributed by atoms with E-state index < -0.39 is 17.2 Å². The van der Waals surface area contributed by atoms with E-state index in [1.165, 1.54) is 23.7 Å². The van der Waals surface area contributed by atoms with E-state index >= 15 is 0 Å². The molecule has 162 valence electrons. The highest BCUT2D eigenvalue weighted by Crippen LogP contribution is 2.23. The van der Waals surface area contributed by atoms with Gasteiger partial charge in [-0.25, -0.2) is 23.5 Å². The average Bonchev–Trinajstić information content (AvgIpc) is 2.79. The number of nitrogens with one attached hydrogen (secondary N) is 1. The van der Waals surface area contributed by atoms with Gasteiger partial charge in [-0.2, -0.15) is 4.98 Å².